The van der Waals surface area contributed by atoms with Crippen LogP contribution in [0, 0.1) is 0 Å². The number of halogens is 1. The molecular formula is C5H9ClO4. The predicted octanol–water partition coefficient (Wildman–Crippen LogP) is 0.144. The molecular weight excluding hydrogens is 160 g/mol. The minimum absolute atomic E-state index is 0. The Morgan fingerprint density at radius 2 is 1.40 bits per heavy atom. The van der Waals surface area contributed by atoms with Gasteiger partial charge in [-0.1, -0.05) is 0 Å². The summed E-state index contributed by atoms with van der Waals surface area (Å²) in [7, 11) is 2.43. The van der Waals surface area contributed by atoms with E-state index in [1.54, 1.807) is 0 Å². The van der Waals surface area contributed by atoms with Crippen molar-refractivity contribution in [1.82, 2.24) is 0 Å². The monoisotopic (exact) mass is 168 g/mol. The van der Waals surface area contributed by atoms with E-state index in [-0.39, 0.29) is 18.8 Å². The average Bonchev–Trinajstić information content (AvgIpc) is 1.87. The van der Waals surface area contributed by atoms with Gasteiger partial charge in [-0.25, -0.2) is 0 Å². The van der Waals surface area contributed by atoms with E-state index in [9.17, 15) is 9.59 Å². The Balaban J connectivity index is 0. The van der Waals surface area contributed by atoms with Crippen LogP contribution in [0.15, 0.2) is 0 Å². The first-order valence-electron chi connectivity index (χ1n) is 2.34. The van der Waals surface area contributed by atoms with Crippen LogP contribution in [0.25, 0.3) is 0 Å². The smallest absolute Gasteiger partial charge is 0.316 e. The SMILES string of the molecule is COC(=O)CC(=O)OC.Cl. The fraction of sp³-hybridized carbons (Fsp3) is 0.600. The lowest BCUT2D eigenvalue weighted by Gasteiger charge is -1.95. The summed E-state index contributed by atoms with van der Waals surface area (Å²) in [6.07, 6.45) is -0.312. The van der Waals surface area contributed by atoms with Crippen LogP contribution in [0.5, 0.6) is 0 Å². The number of methoxy groups -OCH3 is 2. The molecule has 10 heavy (non-hydrogen) atoms. The molecule has 0 aliphatic heterocycles. The average molecular weight is 169 g/mol. The number of carbonyl (C=O) groups is 2. The fourth-order valence-electron chi connectivity index (χ4n) is 0.262. The van der Waals surface area contributed by atoms with E-state index in [1.807, 2.05) is 0 Å². The summed E-state index contributed by atoms with van der Waals surface area (Å²) in [4.78, 5) is 20.5. The normalized spacial score (nSPS) is 7.40. The van der Waals surface area contributed by atoms with E-state index >= 15 is 0 Å². The third-order valence-electron chi connectivity index (χ3n) is 0.744. The highest BCUT2D eigenvalue weighted by Crippen LogP contribution is 1.85. The molecule has 0 rings (SSSR count). The second-order valence-electron chi connectivity index (χ2n) is 1.33. The van der Waals surface area contributed by atoms with Gasteiger partial charge in [0.15, 0.2) is 0 Å². The minimum Gasteiger partial charge on any atom is -0.469 e. The molecule has 0 radical (unpaired) electrons. The van der Waals surface area contributed by atoms with Crippen LogP contribution in [0.3, 0.4) is 0 Å². The van der Waals surface area contributed by atoms with Gasteiger partial charge in [0.1, 0.15) is 6.42 Å². The van der Waals surface area contributed by atoms with Crippen LogP contribution in [0.1, 0.15) is 6.42 Å². The van der Waals surface area contributed by atoms with Gasteiger partial charge >= 0.3 is 11.9 Å². The molecule has 5 heteroatoms. The van der Waals surface area contributed by atoms with Gasteiger partial charge in [-0.15, -0.1) is 12.4 Å². The Bertz CT molecular complexity index is 109. The lowest BCUT2D eigenvalue weighted by molar-refractivity contribution is -0.151. The molecule has 0 spiro atoms. The molecule has 0 bridgehead atoms. The van der Waals surface area contributed by atoms with Crippen LogP contribution >= 0.6 is 12.4 Å². The van der Waals surface area contributed by atoms with Crippen molar-refractivity contribution in [2.45, 2.75) is 6.42 Å². The van der Waals surface area contributed by atoms with E-state index in [2.05, 4.69) is 9.47 Å². The molecule has 0 fully saturated rings. The molecule has 0 aliphatic rings. The topological polar surface area (TPSA) is 52.6 Å². The number of esters is 2. The summed E-state index contributed by atoms with van der Waals surface area (Å²) in [5.41, 5.74) is 0. The first-order chi connectivity index (χ1) is 4.20. The summed E-state index contributed by atoms with van der Waals surface area (Å²) in [6.45, 7) is 0. The molecule has 0 saturated carbocycles. The Morgan fingerprint density at radius 3 is 1.60 bits per heavy atom. The van der Waals surface area contributed by atoms with Gasteiger partial charge in [-0.3, -0.25) is 9.59 Å². The zero-order valence-corrected chi connectivity index (χ0v) is 6.56. The van der Waals surface area contributed by atoms with Gasteiger partial charge in [-0.2, -0.15) is 0 Å². The van der Waals surface area contributed by atoms with E-state index in [4.69, 9.17) is 0 Å². The molecule has 0 saturated heterocycles. The maximum absolute atomic E-state index is 10.3. The molecule has 0 aromatic carbocycles. The Hall–Kier alpha value is -0.770. The van der Waals surface area contributed by atoms with Gasteiger partial charge < -0.3 is 9.47 Å². The highest BCUT2D eigenvalue weighted by molar-refractivity contribution is 5.90. The van der Waals surface area contributed by atoms with Crippen molar-refractivity contribution in [3.05, 3.63) is 0 Å². The number of rotatable bonds is 2. The molecule has 0 atom stereocenters. The van der Waals surface area contributed by atoms with Gasteiger partial charge in [0.25, 0.3) is 0 Å². The second kappa shape index (κ2) is 6.35. The van der Waals surface area contributed by atoms with E-state index < -0.39 is 11.9 Å². The van der Waals surface area contributed by atoms with E-state index in [0.29, 0.717) is 0 Å². The van der Waals surface area contributed by atoms with Gasteiger partial charge in [0.2, 0.25) is 0 Å². The molecule has 0 aromatic rings. The summed E-state index contributed by atoms with van der Waals surface area (Å²) in [5.74, 6) is -1.16. The minimum atomic E-state index is -0.582. The maximum atomic E-state index is 10.3. The molecule has 0 amide bonds. The van der Waals surface area contributed by atoms with E-state index in [1.165, 1.54) is 14.2 Å². The first-order valence-corrected chi connectivity index (χ1v) is 2.34. The van der Waals surface area contributed by atoms with Crippen LogP contribution in [0.2, 0.25) is 0 Å². The maximum Gasteiger partial charge on any atom is 0.316 e. The summed E-state index contributed by atoms with van der Waals surface area (Å²) in [5, 5.41) is 0. The fourth-order valence-corrected chi connectivity index (χ4v) is 0.262. The van der Waals surface area contributed by atoms with E-state index in [0.717, 1.165) is 0 Å². The third-order valence-corrected chi connectivity index (χ3v) is 0.744. The lowest BCUT2D eigenvalue weighted by atomic mass is 10.4. The van der Waals surface area contributed by atoms with Crippen molar-refractivity contribution in [3.8, 4) is 0 Å². The quantitative estimate of drug-likeness (QED) is 0.435. The standard InChI is InChI=1S/C5H8O4.ClH/c1-8-4(6)3-5(7)9-2;/h3H2,1-2H3;1H. The highest BCUT2D eigenvalue weighted by Gasteiger charge is 2.07. The van der Waals surface area contributed by atoms with Crippen molar-refractivity contribution in [2.24, 2.45) is 0 Å². The summed E-state index contributed by atoms with van der Waals surface area (Å²) < 4.78 is 8.37. The largest absolute Gasteiger partial charge is 0.469 e. The molecule has 0 N–H and O–H groups in total. The molecule has 60 valence electrons. The Morgan fingerprint density at radius 1 is 1.10 bits per heavy atom. The second-order valence-corrected chi connectivity index (χ2v) is 1.33. The van der Waals surface area contributed by atoms with Crippen LogP contribution in [-0.2, 0) is 19.1 Å². The summed E-state index contributed by atoms with van der Waals surface area (Å²) >= 11 is 0. The molecule has 0 heterocycles. The molecule has 4 nitrogen and oxygen atoms in total. The Labute approximate surface area is 64.9 Å². The summed E-state index contributed by atoms with van der Waals surface area (Å²) in [6, 6.07) is 0. The van der Waals surface area contributed by atoms with Crippen LogP contribution in [0.4, 0.5) is 0 Å². The third kappa shape index (κ3) is 5.37. The molecule has 0 aliphatic carbocycles. The number of carbonyl (C=O) groups excluding carboxylic acids is 2. The first kappa shape index (κ1) is 12.0. The van der Waals surface area contributed by atoms with Gasteiger partial charge in [0, 0.05) is 0 Å². The van der Waals surface area contributed by atoms with Crippen LogP contribution in [-0.4, -0.2) is 26.2 Å². The van der Waals surface area contributed by atoms with Gasteiger partial charge in [0.05, 0.1) is 14.2 Å². The van der Waals surface area contributed by atoms with Crippen molar-refractivity contribution in [1.29, 1.82) is 0 Å². The lowest BCUT2D eigenvalue weighted by Crippen LogP contribution is -2.09. The van der Waals surface area contributed by atoms with Crippen molar-refractivity contribution in [3.63, 3.8) is 0 Å². The van der Waals surface area contributed by atoms with Crippen LogP contribution < -0.4 is 0 Å². The number of ether oxygens (including phenoxy) is 2. The van der Waals surface area contributed by atoms with Gasteiger partial charge in [-0.05, 0) is 0 Å². The van der Waals surface area contributed by atoms with Crippen molar-refractivity contribution in [2.75, 3.05) is 14.2 Å². The highest BCUT2D eigenvalue weighted by atomic mass is 35.5. The molecule has 0 aromatic heterocycles. The molecule has 0 unspecified atom stereocenters. The Kier molecular flexibility index (Phi) is 7.60. The number of hydrogen-bond acceptors (Lipinski definition) is 4. The van der Waals surface area contributed by atoms with Crippen molar-refractivity contribution < 1.29 is 19.1 Å². The number of hydrogen-bond donors (Lipinski definition) is 0. The zero-order chi connectivity index (χ0) is 7.28. The zero-order valence-electron chi connectivity index (χ0n) is 5.75. The predicted molar refractivity (Wildman–Crippen MR) is 35.9 cm³/mol. The van der Waals surface area contributed by atoms with Crippen molar-refractivity contribution >= 4 is 24.3 Å².